The largest absolute Gasteiger partial charge is 0.502 e. The Labute approximate surface area is 88.6 Å². The molecule has 0 saturated carbocycles. The van der Waals surface area contributed by atoms with Crippen molar-refractivity contribution in [3.63, 3.8) is 0 Å². The van der Waals surface area contributed by atoms with Crippen LogP contribution in [0.3, 0.4) is 0 Å². The lowest BCUT2D eigenvalue weighted by Gasteiger charge is -2.01. The first-order chi connectivity index (χ1) is 7.00. The number of aromatic hydroxyl groups is 1. The van der Waals surface area contributed by atoms with Gasteiger partial charge >= 0.3 is 11.7 Å². The molecular weight excluding hydrogens is 222 g/mol. The van der Waals surface area contributed by atoms with Gasteiger partial charge in [-0.05, 0) is 24.1 Å². The lowest BCUT2D eigenvalue weighted by molar-refractivity contribution is -0.386. The van der Waals surface area contributed by atoms with Crippen molar-refractivity contribution in [2.45, 2.75) is 4.90 Å². The molecule has 4 N–H and O–H groups in total. The topological polar surface area (TPSA) is 118 Å². The maximum absolute atomic E-state index is 10.4. The van der Waals surface area contributed by atoms with Crippen LogP contribution >= 0.6 is 11.9 Å². The summed E-state index contributed by atoms with van der Waals surface area (Å²) in [6, 6.07) is 2.97. The molecule has 0 fully saturated rings. The number of rotatable bonds is 3. The number of nitrogens with zero attached hydrogens (tertiary/aromatic N) is 1. The fourth-order valence-electron chi connectivity index (χ4n) is 0.822. The summed E-state index contributed by atoms with van der Waals surface area (Å²) >= 11 is 0.829. The van der Waals surface area contributed by atoms with E-state index < -0.39 is 22.4 Å². The molecule has 8 heteroatoms. The molecule has 80 valence electrons. The molecule has 0 spiro atoms. The number of hydrogen-bond acceptors (Lipinski definition) is 5. The Hall–Kier alpha value is -1.96. The van der Waals surface area contributed by atoms with Crippen molar-refractivity contribution in [2.24, 2.45) is 5.73 Å². The van der Waals surface area contributed by atoms with Crippen LogP contribution in [0.2, 0.25) is 0 Å². The van der Waals surface area contributed by atoms with Crippen molar-refractivity contribution in [3.05, 3.63) is 28.3 Å². The molecule has 0 aliphatic rings. The third-order valence-corrected chi connectivity index (χ3v) is 2.21. The molecule has 0 radical (unpaired) electrons. The van der Waals surface area contributed by atoms with E-state index in [1.54, 1.807) is 0 Å². The molecule has 7 nitrogen and oxygen atoms in total. The zero-order chi connectivity index (χ0) is 11.4. The summed E-state index contributed by atoms with van der Waals surface area (Å²) in [5.41, 5.74) is 4.39. The van der Waals surface area contributed by atoms with Gasteiger partial charge in [-0.3, -0.25) is 14.8 Å². The molecule has 1 aromatic rings. The van der Waals surface area contributed by atoms with Crippen molar-refractivity contribution < 1.29 is 14.8 Å². The van der Waals surface area contributed by atoms with Crippen LogP contribution < -0.4 is 10.5 Å². The van der Waals surface area contributed by atoms with Crippen LogP contribution in [0.25, 0.3) is 0 Å². The number of nitro groups is 1. The van der Waals surface area contributed by atoms with E-state index in [1.807, 2.05) is 0 Å². The zero-order valence-corrected chi connectivity index (χ0v) is 8.15. The van der Waals surface area contributed by atoms with Crippen LogP contribution in [-0.2, 0) is 0 Å². The Morgan fingerprint density at radius 2 is 2.27 bits per heavy atom. The van der Waals surface area contributed by atoms with Gasteiger partial charge in [-0.25, -0.2) is 4.79 Å². The third kappa shape index (κ3) is 3.02. The van der Waals surface area contributed by atoms with Crippen molar-refractivity contribution in [3.8, 4) is 5.75 Å². The smallest absolute Gasteiger partial charge is 0.322 e. The predicted octanol–water partition coefficient (Wildman–Crippen LogP) is 0.976. The molecule has 0 bridgehead atoms. The number of carbonyl (C=O) groups excluding carboxylic acids is 1. The van der Waals surface area contributed by atoms with Gasteiger partial charge in [0.1, 0.15) is 0 Å². The van der Waals surface area contributed by atoms with Gasteiger partial charge < -0.3 is 10.8 Å². The van der Waals surface area contributed by atoms with Gasteiger partial charge in [-0.2, -0.15) is 0 Å². The van der Waals surface area contributed by atoms with Crippen molar-refractivity contribution in [2.75, 3.05) is 0 Å². The van der Waals surface area contributed by atoms with E-state index in [0.717, 1.165) is 18.0 Å². The Bertz CT molecular complexity index is 409. The second-order valence-electron chi connectivity index (χ2n) is 2.48. The summed E-state index contributed by atoms with van der Waals surface area (Å²) in [5, 5.41) is 19.6. The van der Waals surface area contributed by atoms with E-state index in [1.165, 1.54) is 12.1 Å². The van der Waals surface area contributed by atoms with Gasteiger partial charge in [0.25, 0.3) is 0 Å². The summed E-state index contributed by atoms with van der Waals surface area (Å²) in [6.45, 7) is 0. The van der Waals surface area contributed by atoms with Gasteiger partial charge in [0.15, 0.2) is 5.75 Å². The molecule has 0 heterocycles. The zero-order valence-electron chi connectivity index (χ0n) is 7.34. The minimum absolute atomic E-state index is 0.401. The minimum atomic E-state index is -0.754. The van der Waals surface area contributed by atoms with Crippen LogP contribution in [0.15, 0.2) is 23.1 Å². The van der Waals surface area contributed by atoms with E-state index in [2.05, 4.69) is 4.72 Å². The highest BCUT2D eigenvalue weighted by molar-refractivity contribution is 7.98. The maximum atomic E-state index is 10.4. The average molecular weight is 229 g/mol. The first kappa shape index (κ1) is 11.1. The van der Waals surface area contributed by atoms with Crippen LogP contribution in [0, 0.1) is 10.1 Å². The number of urea groups is 1. The molecule has 0 aromatic heterocycles. The Morgan fingerprint density at radius 3 is 2.80 bits per heavy atom. The van der Waals surface area contributed by atoms with E-state index in [-0.39, 0.29) is 0 Å². The van der Waals surface area contributed by atoms with Crippen molar-refractivity contribution >= 4 is 23.7 Å². The second kappa shape index (κ2) is 4.51. The number of primary amides is 1. The highest BCUT2D eigenvalue weighted by Gasteiger charge is 2.13. The summed E-state index contributed by atoms with van der Waals surface area (Å²) in [5.74, 6) is -0.427. The Morgan fingerprint density at radius 1 is 1.60 bits per heavy atom. The number of amides is 2. The third-order valence-electron chi connectivity index (χ3n) is 1.41. The highest BCUT2D eigenvalue weighted by atomic mass is 32.2. The van der Waals surface area contributed by atoms with Gasteiger partial charge in [0.2, 0.25) is 0 Å². The molecule has 1 aromatic carbocycles. The average Bonchev–Trinajstić information content (AvgIpc) is 2.16. The number of benzene rings is 1. The molecule has 0 aliphatic heterocycles. The Balaban J connectivity index is 2.87. The Kier molecular flexibility index (Phi) is 3.34. The molecular formula is C7H7N3O4S. The number of hydrogen-bond donors (Lipinski definition) is 3. The quantitative estimate of drug-likeness (QED) is 0.405. The minimum Gasteiger partial charge on any atom is -0.502 e. The van der Waals surface area contributed by atoms with Crippen molar-refractivity contribution in [1.82, 2.24) is 4.72 Å². The lowest BCUT2D eigenvalue weighted by atomic mass is 10.3. The number of carbonyl (C=O) groups is 1. The van der Waals surface area contributed by atoms with Crippen molar-refractivity contribution in [1.29, 1.82) is 0 Å². The highest BCUT2D eigenvalue weighted by Crippen LogP contribution is 2.29. The molecule has 0 aliphatic carbocycles. The fraction of sp³-hybridized carbons (Fsp3) is 0. The summed E-state index contributed by atoms with van der Waals surface area (Å²) < 4.78 is 2.20. The molecule has 0 atom stereocenters. The normalized spacial score (nSPS) is 9.60. The van der Waals surface area contributed by atoms with E-state index in [9.17, 15) is 14.9 Å². The molecule has 15 heavy (non-hydrogen) atoms. The van der Waals surface area contributed by atoms with Gasteiger partial charge in [0.05, 0.1) is 4.92 Å². The summed E-state index contributed by atoms with van der Waals surface area (Å²) in [6.07, 6.45) is 0. The van der Waals surface area contributed by atoms with Crippen LogP contribution in [-0.4, -0.2) is 16.1 Å². The summed E-state index contributed by atoms with van der Waals surface area (Å²) in [7, 11) is 0. The fourth-order valence-corrected chi connectivity index (χ4v) is 1.35. The van der Waals surface area contributed by atoms with Gasteiger partial charge in [-0.1, -0.05) is 0 Å². The number of phenolic OH excluding ortho intramolecular Hbond substituents is 1. The first-order valence-electron chi connectivity index (χ1n) is 3.70. The molecule has 2 amide bonds. The first-order valence-corrected chi connectivity index (χ1v) is 4.52. The SMILES string of the molecule is NC(=O)NSc1ccc(O)c([N+](=O)[O-])c1. The number of nitrogens with one attached hydrogen (secondary N) is 1. The van der Waals surface area contributed by atoms with Gasteiger partial charge in [0, 0.05) is 11.0 Å². The predicted molar refractivity (Wildman–Crippen MR) is 53.3 cm³/mol. The van der Waals surface area contributed by atoms with Crippen LogP contribution in [0.5, 0.6) is 5.75 Å². The monoisotopic (exact) mass is 229 g/mol. The number of nitro benzene ring substituents is 1. The van der Waals surface area contributed by atoms with Gasteiger partial charge in [-0.15, -0.1) is 0 Å². The number of phenols is 1. The molecule has 0 saturated heterocycles. The van der Waals surface area contributed by atoms with E-state index >= 15 is 0 Å². The lowest BCUT2D eigenvalue weighted by Crippen LogP contribution is -2.22. The number of nitrogens with two attached hydrogens (primary N) is 1. The van der Waals surface area contributed by atoms with E-state index in [0.29, 0.717) is 4.90 Å². The van der Waals surface area contributed by atoms with Crippen LogP contribution in [0.4, 0.5) is 10.5 Å². The maximum Gasteiger partial charge on any atom is 0.322 e. The second-order valence-corrected chi connectivity index (χ2v) is 3.36. The molecule has 0 unspecified atom stereocenters. The summed E-state index contributed by atoms with van der Waals surface area (Å²) in [4.78, 5) is 20.5. The van der Waals surface area contributed by atoms with Crippen LogP contribution in [0.1, 0.15) is 0 Å². The standard InChI is InChI=1S/C7H7N3O4S/c8-7(12)9-15-4-1-2-6(11)5(3-4)10(13)14/h1-3,11H,(H3,8,9,12). The molecule has 1 rings (SSSR count). The van der Waals surface area contributed by atoms with E-state index in [4.69, 9.17) is 10.8 Å².